The Hall–Kier alpha value is -1.10. The zero-order chi connectivity index (χ0) is 13.8. The first-order chi connectivity index (χ1) is 8.33. The number of nitrogens with one attached hydrogen (secondary N) is 1. The fraction of sp³-hybridized carbons (Fsp3) is 0.846. The van der Waals surface area contributed by atoms with Crippen molar-refractivity contribution in [1.29, 1.82) is 0 Å². The van der Waals surface area contributed by atoms with Crippen molar-refractivity contribution in [2.24, 2.45) is 5.41 Å². The summed E-state index contributed by atoms with van der Waals surface area (Å²) in [7, 11) is 0. The minimum Gasteiger partial charge on any atom is -0.481 e. The van der Waals surface area contributed by atoms with Gasteiger partial charge in [0.2, 0.25) is 5.91 Å². The highest BCUT2D eigenvalue weighted by Gasteiger charge is 2.32. The van der Waals surface area contributed by atoms with Crippen LogP contribution in [0.2, 0.25) is 0 Å². The van der Waals surface area contributed by atoms with E-state index in [0.29, 0.717) is 6.42 Å². The van der Waals surface area contributed by atoms with Crippen LogP contribution in [0.25, 0.3) is 0 Å². The average Bonchev–Trinajstić information content (AvgIpc) is 2.43. The van der Waals surface area contributed by atoms with Crippen LogP contribution < -0.4 is 5.32 Å². The van der Waals surface area contributed by atoms with Gasteiger partial charge in [-0.3, -0.25) is 9.59 Å². The molecule has 3 N–H and O–H groups in total. The van der Waals surface area contributed by atoms with Gasteiger partial charge in [-0.15, -0.1) is 0 Å². The lowest BCUT2D eigenvalue weighted by molar-refractivity contribution is -0.149. The van der Waals surface area contributed by atoms with Crippen LogP contribution in [0.5, 0.6) is 0 Å². The smallest absolute Gasteiger partial charge is 0.309 e. The zero-order valence-corrected chi connectivity index (χ0v) is 11.1. The highest BCUT2D eigenvalue weighted by Crippen LogP contribution is 2.22. The SMILES string of the molecule is CC(C)(CC(=O)NC1CCCCCC1O)C(=O)O. The molecule has 1 saturated carbocycles. The summed E-state index contributed by atoms with van der Waals surface area (Å²) in [6, 6.07) is -0.232. The Balaban J connectivity index is 2.50. The molecule has 1 aliphatic carbocycles. The van der Waals surface area contributed by atoms with Crippen LogP contribution in [0.3, 0.4) is 0 Å². The fourth-order valence-electron chi connectivity index (χ4n) is 2.19. The first-order valence-electron chi connectivity index (χ1n) is 6.54. The standard InChI is InChI=1S/C13H23NO4/c1-13(2,12(17)18)8-11(16)14-9-6-4-3-5-7-10(9)15/h9-10,15H,3-8H2,1-2H3,(H,14,16)(H,17,18). The molecule has 0 heterocycles. The number of hydrogen-bond donors (Lipinski definition) is 3. The van der Waals surface area contributed by atoms with Gasteiger partial charge in [0.15, 0.2) is 0 Å². The second-order valence-corrected chi connectivity index (χ2v) is 5.75. The van der Waals surface area contributed by atoms with Gasteiger partial charge in [0.05, 0.1) is 17.6 Å². The molecule has 0 aromatic carbocycles. The number of carbonyl (C=O) groups excluding carboxylic acids is 1. The lowest BCUT2D eigenvalue weighted by Crippen LogP contribution is -2.44. The van der Waals surface area contributed by atoms with Crippen molar-refractivity contribution < 1.29 is 19.8 Å². The Kier molecular flexibility index (Phi) is 5.14. The average molecular weight is 257 g/mol. The number of rotatable bonds is 4. The first kappa shape index (κ1) is 15.0. The summed E-state index contributed by atoms with van der Waals surface area (Å²) in [5.74, 6) is -1.28. The van der Waals surface area contributed by atoms with Crippen LogP contribution in [-0.2, 0) is 9.59 Å². The molecule has 5 heteroatoms. The van der Waals surface area contributed by atoms with Crippen molar-refractivity contribution >= 4 is 11.9 Å². The molecular weight excluding hydrogens is 234 g/mol. The van der Waals surface area contributed by atoms with Crippen LogP contribution in [0.15, 0.2) is 0 Å². The van der Waals surface area contributed by atoms with E-state index >= 15 is 0 Å². The summed E-state index contributed by atoms with van der Waals surface area (Å²) in [6.45, 7) is 3.05. The molecule has 2 unspecified atom stereocenters. The van der Waals surface area contributed by atoms with Gasteiger partial charge in [0.25, 0.3) is 0 Å². The molecule has 0 aliphatic heterocycles. The predicted molar refractivity (Wildman–Crippen MR) is 67.1 cm³/mol. The molecule has 1 fully saturated rings. The number of aliphatic hydroxyl groups excluding tert-OH is 1. The number of amides is 1. The predicted octanol–water partition coefficient (Wildman–Crippen LogP) is 1.30. The van der Waals surface area contributed by atoms with Crippen LogP contribution in [0.4, 0.5) is 0 Å². The largest absolute Gasteiger partial charge is 0.481 e. The summed E-state index contributed by atoms with van der Waals surface area (Å²) < 4.78 is 0. The Morgan fingerprint density at radius 3 is 2.44 bits per heavy atom. The van der Waals surface area contributed by atoms with Crippen molar-refractivity contribution in [2.75, 3.05) is 0 Å². The Bertz CT molecular complexity index is 314. The van der Waals surface area contributed by atoms with Gasteiger partial charge in [-0.2, -0.15) is 0 Å². The van der Waals surface area contributed by atoms with E-state index in [1.54, 1.807) is 0 Å². The lowest BCUT2D eigenvalue weighted by Gasteiger charge is -2.24. The van der Waals surface area contributed by atoms with Crippen molar-refractivity contribution in [3.63, 3.8) is 0 Å². The Morgan fingerprint density at radius 1 is 1.22 bits per heavy atom. The van der Waals surface area contributed by atoms with E-state index in [1.165, 1.54) is 13.8 Å². The molecule has 1 amide bonds. The second kappa shape index (κ2) is 6.18. The number of carboxylic acid groups (broad SMARTS) is 1. The fourth-order valence-corrected chi connectivity index (χ4v) is 2.19. The van der Waals surface area contributed by atoms with Crippen molar-refractivity contribution in [3.05, 3.63) is 0 Å². The van der Waals surface area contributed by atoms with Gasteiger partial charge in [-0.05, 0) is 26.7 Å². The lowest BCUT2D eigenvalue weighted by atomic mass is 9.89. The number of carbonyl (C=O) groups is 2. The van der Waals surface area contributed by atoms with E-state index in [2.05, 4.69) is 5.32 Å². The van der Waals surface area contributed by atoms with Crippen LogP contribution in [-0.4, -0.2) is 34.2 Å². The highest BCUT2D eigenvalue weighted by atomic mass is 16.4. The van der Waals surface area contributed by atoms with E-state index in [4.69, 9.17) is 5.11 Å². The minimum absolute atomic E-state index is 0.0639. The maximum absolute atomic E-state index is 11.8. The third-order valence-corrected chi connectivity index (χ3v) is 3.51. The molecule has 0 bridgehead atoms. The highest BCUT2D eigenvalue weighted by molar-refractivity contribution is 5.84. The Labute approximate surface area is 108 Å². The monoisotopic (exact) mass is 257 g/mol. The zero-order valence-electron chi connectivity index (χ0n) is 11.1. The maximum atomic E-state index is 11.8. The van der Waals surface area contributed by atoms with E-state index in [0.717, 1.165) is 25.7 Å². The van der Waals surface area contributed by atoms with E-state index in [1.807, 2.05) is 0 Å². The molecule has 0 aromatic rings. The minimum atomic E-state index is -1.07. The van der Waals surface area contributed by atoms with E-state index < -0.39 is 17.5 Å². The van der Waals surface area contributed by atoms with Crippen LogP contribution >= 0.6 is 0 Å². The van der Waals surface area contributed by atoms with Gasteiger partial charge in [0.1, 0.15) is 0 Å². The normalized spacial score (nSPS) is 25.3. The summed E-state index contributed by atoms with van der Waals surface area (Å²) in [5, 5.41) is 21.6. The van der Waals surface area contributed by atoms with Crippen LogP contribution in [0, 0.1) is 5.41 Å². The molecule has 18 heavy (non-hydrogen) atoms. The molecule has 0 saturated heterocycles. The topological polar surface area (TPSA) is 86.6 Å². The van der Waals surface area contributed by atoms with Crippen LogP contribution in [0.1, 0.15) is 52.4 Å². The van der Waals surface area contributed by atoms with Crippen molar-refractivity contribution in [1.82, 2.24) is 5.32 Å². The molecule has 1 aliphatic rings. The Morgan fingerprint density at radius 2 is 1.83 bits per heavy atom. The van der Waals surface area contributed by atoms with Crippen molar-refractivity contribution in [2.45, 2.75) is 64.5 Å². The number of hydrogen-bond acceptors (Lipinski definition) is 3. The van der Waals surface area contributed by atoms with Gasteiger partial charge in [-0.1, -0.05) is 19.3 Å². The summed E-state index contributed by atoms with van der Waals surface area (Å²) in [4.78, 5) is 22.7. The van der Waals surface area contributed by atoms with Gasteiger partial charge in [-0.25, -0.2) is 0 Å². The summed E-state index contributed by atoms with van der Waals surface area (Å²) in [6.07, 6.45) is 3.94. The number of carboxylic acids is 1. The molecule has 0 radical (unpaired) electrons. The molecule has 1 rings (SSSR count). The third-order valence-electron chi connectivity index (χ3n) is 3.51. The van der Waals surface area contributed by atoms with E-state index in [9.17, 15) is 14.7 Å². The molecular formula is C13H23NO4. The molecule has 2 atom stereocenters. The molecule has 0 aromatic heterocycles. The quantitative estimate of drug-likeness (QED) is 0.662. The van der Waals surface area contributed by atoms with Gasteiger partial charge >= 0.3 is 5.97 Å². The maximum Gasteiger partial charge on any atom is 0.309 e. The van der Waals surface area contributed by atoms with E-state index in [-0.39, 0.29) is 18.4 Å². The first-order valence-corrected chi connectivity index (χ1v) is 6.54. The molecule has 5 nitrogen and oxygen atoms in total. The number of aliphatic carboxylic acids is 1. The van der Waals surface area contributed by atoms with Crippen molar-refractivity contribution in [3.8, 4) is 0 Å². The van der Waals surface area contributed by atoms with Gasteiger partial charge < -0.3 is 15.5 Å². The summed E-state index contributed by atoms with van der Waals surface area (Å²) in [5.41, 5.74) is -1.07. The molecule has 0 spiro atoms. The summed E-state index contributed by atoms with van der Waals surface area (Å²) >= 11 is 0. The number of aliphatic hydroxyl groups is 1. The third kappa shape index (κ3) is 4.29. The molecule has 104 valence electrons. The second-order valence-electron chi connectivity index (χ2n) is 5.75. The van der Waals surface area contributed by atoms with Gasteiger partial charge in [0, 0.05) is 6.42 Å².